The molecule has 0 heterocycles. The first-order valence-electron chi connectivity index (χ1n) is 5.62. The molecule has 0 aromatic heterocycles. The summed E-state index contributed by atoms with van der Waals surface area (Å²) in [5, 5.41) is 0. The van der Waals surface area contributed by atoms with Crippen LogP contribution in [0.3, 0.4) is 0 Å². The number of aryl methyl sites for hydroxylation is 1. The molecule has 1 rings (SSSR count). The summed E-state index contributed by atoms with van der Waals surface area (Å²) in [5.74, 6) is 0.946. The zero-order valence-electron chi connectivity index (χ0n) is 11.1. The Morgan fingerprint density at radius 3 is 2.59 bits per heavy atom. The van der Waals surface area contributed by atoms with Gasteiger partial charge in [-0.15, -0.1) is 12.4 Å². The van der Waals surface area contributed by atoms with Gasteiger partial charge in [0.2, 0.25) is 0 Å². The third kappa shape index (κ3) is 4.54. The van der Waals surface area contributed by atoms with Crippen molar-refractivity contribution in [2.45, 2.75) is 26.4 Å². The molecule has 0 aliphatic carbocycles. The fourth-order valence-corrected chi connectivity index (χ4v) is 1.64. The Morgan fingerprint density at radius 2 is 2.06 bits per heavy atom. The third-order valence-electron chi connectivity index (χ3n) is 2.95. The fourth-order valence-electron chi connectivity index (χ4n) is 1.64. The van der Waals surface area contributed by atoms with Crippen LogP contribution in [-0.4, -0.2) is 31.6 Å². The minimum Gasteiger partial charge on any atom is -0.496 e. The summed E-state index contributed by atoms with van der Waals surface area (Å²) in [6, 6.07) is 6.63. The molecular weight excluding hydrogens is 236 g/mol. The molecule has 1 unspecified atom stereocenters. The maximum atomic E-state index is 5.65. The zero-order chi connectivity index (χ0) is 12.1. The van der Waals surface area contributed by atoms with Crippen molar-refractivity contribution in [3.8, 4) is 5.75 Å². The number of benzene rings is 1. The molecule has 3 nitrogen and oxygen atoms in total. The number of hydrogen-bond acceptors (Lipinski definition) is 3. The van der Waals surface area contributed by atoms with Crippen molar-refractivity contribution in [2.24, 2.45) is 5.73 Å². The molecule has 0 radical (unpaired) electrons. The molecule has 0 saturated carbocycles. The summed E-state index contributed by atoms with van der Waals surface area (Å²) in [5.41, 5.74) is 8.12. The van der Waals surface area contributed by atoms with E-state index in [1.165, 1.54) is 11.1 Å². The number of halogens is 1. The molecule has 0 aliphatic rings. The van der Waals surface area contributed by atoms with Crippen molar-refractivity contribution in [3.63, 3.8) is 0 Å². The van der Waals surface area contributed by atoms with Crippen LogP contribution < -0.4 is 10.5 Å². The van der Waals surface area contributed by atoms with E-state index in [4.69, 9.17) is 10.5 Å². The standard InChI is InChI=1S/C13H22N2O.ClH/c1-10-5-6-13(16-4)12(7-10)9-15(3)11(2)8-14;/h5-7,11H,8-9,14H2,1-4H3;1H. The van der Waals surface area contributed by atoms with Crippen molar-refractivity contribution in [1.29, 1.82) is 0 Å². The van der Waals surface area contributed by atoms with Crippen LogP contribution in [0, 0.1) is 6.92 Å². The third-order valence-corrected chi connectivity index (χ3v) is 2.95. The molecule has 1 atom stereocenters. The van der Waals surface area contributed by atoms with E-state index in [-0.39, 0.29) is 12.4 Å². The van der Waals surface area contributed by atoms with Gasteiger partial charge >= 0.3 is 0 Å². The highest BCUT2D eigenvalue weighted by Crippen LogP contribution is 2.21. The van der Waals surface area contributed by atoms with Crippen LogP contribution in [0.2, 0.25) is 0 Å². The summed E-state index contributed by atoms with van der Waals surface area (Å²) in [4.78, 5) is 2.23. The van der Waals surface area contributed by atoms with Gasteiger partial charge in [0, 0.05) is 24.7 Å². The van der Waals surface area contributed by atoms with Crippen molar-refractivity contribution in [2.75, 3.05) is 20.7 Å². The van der Waals surface area contributed by atoms with E-state index < -0.39 is 0 Å². The number of nitrogens with two attached hydrogens (primary N) is 1. The van der Waals surface area contributed by atoms with Gasteiger partial charge in [0.15, 0.2) is 0 Å². The molecule has 0 saturated heterocycles. The van der Waals surface area contributed by atoms with Gasteiger partial charge in [-0.1, -0.05) is 17.7 Å². The molecule has 2 N–H and O–H groups in total. The van der Waals surface area contributed by atoms with E-state index in [0.717, 1.165) is 12.3 Å². The number of nitrogens with zero attached hydrogens (tertiary/aromatic N) is 1. The Labute approximate surface area is 110 Å². The van der Waals surface area contributed by atoms with E-state index in [2.05, 4.69) is 37.9 Å². The highest BCUT2D eigenvalue weighted by Gasteiger charge is 2.10. The SMILES string of the molecule is COc1ccc(C)cc1CN(C)C(C)CN.Cl. The Kier molecular flexibility index (Phi) is 7.19. The Morgan fingerprint density at radius 1 is 1.41 bits per heavy atom. The molecule has 1 aromatic rings. The van der Waals surface area contributed by atoms with Crippen LogP contribution in [-0.2, 0) is 6.54 Å². The smallest absolute Gasteiger partial charge is 0.123 e. The molecule has 1 aromatic carbocycles. The van der Waals surface area contributed by atoms with Gasteiger partial charge in [0.1, 0.15) is 5.75 Å². The monoisotopic (exact) mass is 258 g/mol. The lowest BCUT2D eigenvalue weighted by Crippen LogP contribution is -2.34. The van der Waals surface area contributed by atoms with Gasteiger partial charge in [0.25, 0.3) is 0 Å². The van der Waals surface area contributed by atoms with E-state index in [1.807, 2.05) is 6.07 Å². The van der Waals surface area contributed by atoms with Crippen molar-refractivity contribution in [3.05, 3.63) is 29.3 Å². The van der Waals surface area contributed by atoms with Crippen molar-refractivity contribution >= 4 is 12.4 Å². The summed E-state index contributed by atoms with van der Waals surface area (Å²) in [7, 11) is 3.79. The molecule has 0 amide bonds. The van der Waals surface area contributed by atoms with Gasteiger partial charge in [-0.3, -0.25) is 4.90 Å². The summed E-state index contributed by atoms with van der Waals surface area (Å²) >= 11 is 0. The minimum atomic E-state index is 0. The number of hydrogen-bond donors (Lipinski definition) is 1. The van der Waals surface area contributed by atoms with Crippen LogP contribution in [0.25, 0.3) is 0 Å². The lowest BCUT2D eigenvalue weighted by Gasteiger charge is -2.24. The van der Waals surface area contributed by atoms with E-state index in [1.54, 1.807) is 7.11 Å². The molecule has 17 heavy (non-hydrogen) atoms. The summed E-state index contributed by atoms with van der Waals surface area (Å²) in [6.45, 7) is 5.76. The summed E-state index contributed by atoms with van der Waals surface area (Å²) < 4.78 is 5.36. The first kappa shape index (κ1) is 16.2. The second-order valence-electron chi connectivity index (χ2n) is 4.32. The van der Waals surface area contributed by atoms with E-state index in [9.17, 15) is 0 Å². The highest BCUT2D eigenvalue weighted by atomic mass is 35.5. The lowest BCUT2D eigenvalue weighted by molar-refractivity contribution is 0.250. The molecule has 4 heteroatoms. The first-order chi connectivity index (χ1) is 7.58. The fraction of sp³-hybridized carbons (Fsp3) is 0.538. The Hall–Kier alpha value is -0.770. The molecule has 0 bridgehead atoms. The lowest BCUT2D eigenvalue weighted by atomic mass is 10.1. The Balaban J connectivity index is 0.00000256. The average Bonchev–Trinajstić information content (AvgIpc) is 2.28. The quantitative estimate of drug-likeness (QED) is 0.880. The number of rotatable bonds is 5. The van der Waals surface area contributed by atoms with Crippen LogP contribution >= 0.6 is 12.4 Å². The van der Waals surface area contributed by atoms with Crippen molar-refractivity contribution in [1.82, 2.24) is 4.90 Å². The number of likely N-dealkylation sites (N-methyl/N-ethyl adjacent to an activating group) is 1. The van der Waals surface area contributed by atoms with Gasteiger partial charge < -0.3 is 10.5 Å². The van der Waals surface area contributed by atoms with Crippen LogP contribution in [0.4, 0.5) is 0 Å². The molecule has 98 valence electrons. The number of methoxy groups -OCH3 is 1. The second-order valence-corrected chi connectivity index (χ2v) is 4.32. The van der Waals surface area contributed by atoms with E-state index in [0.29, 0.717) is 12.6 Å². The van der Waals surface area contributed by atoms with Gasteiger partial charge in [0.05, 0.1) is 7.11 Å². The van der Waals surface area contributed by atoms with Crippen LogP contribution in [0.5, 0.6) is 5.75 Å². The van der Waals surface area contributed by atoms with Crippen molar-refractivity contribution < 1.29 is 4.74 Å². The zero-order valence-corrected chi connectivity index (χ0v) is 11.9. The highest BCUT2D eigenvalue weighted by molar-refractivity contribution is 5.85. The topological polar surface area (TPSA) is 38.5 Å². The summed E-state index contributed by atoms with van der Waals surface area (Å²) in [6.07, 6.45) is 0. The van der Waals surface area contributed by atoms with Gasteiger partial charge in [-0.2, -0.15) is 0 Å². The normalized spacial score (nSPS) is 12.1. The number of ether oxygens (including phenoxy) is 1. The maximum absolute atomic E-state index is 5.65. The predicted molar refractivity (Wildman–Crippen MR) is 75.0 cm³/mol. The van der Waals surface area contributed by atoms with Gasteiger partial charge in [-0.25, -0.2) is 0 Å². The van der Waals surface area contributed by atoms with Crippen LogP contribution in [0.15, 0.2) is 18.2 Å². The largest absolute Gasteiger partial charge is 0.496 e. The first-order valence-corrected chi connectivity index (χ1v) is 5.62. The van der Waals surface area contributed by atoms with Gasteiger partial charge in [-0.05, 0) is 27.0 Å². The van der Waals surface area contributed by atoms with Crippen LogP contribution in [0.1, 0.15) is 18.1 Å². The molecular formula is C13H23ClN2O. The van der Waals surface area contributed by atoms with E-state index >= 15 is 0 Å². The molecule has 0 fully saturated rings. The molecule has 0 aliphatic heterocycles. The predicted octanol–water partition coefficient (Wildman–Crippen LogP) is 2.20. The maximum Gasteiger partial charge on any atom is 0.123 e. The average molecular weight is 259 g/mol. The minimum absolute atomic E-state index is 0. The Bertz CT molecular complexity index is 344. The molecule has 0 spiro atoms. The second kappa shape index (κ2) is 7.54.